The molecule has 1 atom stereocenters. The van der Waals surface area contributed by atoms with Crippen LogP contribution in [0, 0.1) is 0 Å². The molecule has 0 saturated heterocycles. The Morgan fingerprint density at radius 1 is 0.920 bits per heavy atom. The standard InChI is InChI=1S/C20H26O4S/c1-17(24-25(2,22)23)20(21,15-13-18-9-5-3-6-10-18)16-14-19-11-7-4-8-12-19/h3-12,17,21H,13-16H2,1-2H3. The first kappa shape index (κ1) is 19.6. The Balaban J connectivity index is 2.11. The molecule has 1 N–H and O–H groups in total. The maximum Gasteiger partial charge on any atom is 0.264 e. The maximum atomic E-state index is 11.5. The highest BCUT2D eigenvalue weighted by molar-refractivity contribution is 7.86. The fraction of sp³-hybridized carbons (Fsp3) is 0.400. The maximum absolute atomic E-state index is 11.5. The Labute approximate surface area is 150 Å². The molecular weight excluding hydrogens is 336 g/mol. The monoisotopic (exact) mass is 362 g/mol. The fourth-order valence-corrected chi connectivity index (χ4v) is 3.60. The van der Waals surface area contributed by atoms with Gasteiger partial charge >= 0.3 is 0 Å². The van der Waals surface area contributed by atoms with Crippen LogP contribution in [0.25, 0.3) is 0 Å². The SMILES string of the molecule is CC(OS(C)(=O)=O)C(O)(CCc1ccccc1)CCc1ccccc1. The zero-order chi connectivity index (χ0) is 18.3. The van der Waals surface area contributed by atoms with E-state index in [0.29, 0.717) is 25.7 Å². The number of aliphatic hydroxyl groups is 1. The quantitative estimate of drug-likeness (QED) is 0.695. The molecule has 5 heteroatoms. The van der Waals surface area contributed by atoms with Crippen LogP contribution in [0.4, 0.5) is 0 Å². The Kier molecular flexibility index (Phi) is 6.76. The summed E-state index contributed by atoms with van der Waals surface area (Å²) in [6.45, 7) is 1.62. The van der Waals surface area contributed by atoms with Gasteiger partial charge in [-0.15, -0.1) is 0 Å². The molecule has 0 saturated carbocycles. The van der Waals surface area contributed by atoms with Crippen LogP contribution in [-0.2, 0) is 27.1 Å². The summed E-state index contributed by atoms with van der Waals surface area (Å²) in [4.78, 5) is 0. The van der Waals surface area contributed by atoms with Crippen LogP contribution in [0.5, 0.6) is 0 Å². The zero-order valence-electron chi connectivity index (χ0n) is 14.8. The third-order valence-electron chi connectivity index (χ3n) is 4.45. The second-order valence-corrected chi connectivity index (χ2v) is 8.12. The van der Waals surface area contributed by atoms with Crippen LogP contribution >= 0.6 is 0 Å². The second-order valence-electron chi connectivity index (χ2n) is 6.52. The summed E-state index contributed by atoms with van der Waals surface area (Å²) < 4.78 is 28.1. The van der Waals surface area contributed by atoms with Crippen LogP contribution in [0.15, 0.2) is 60.7 Å². The molecule has 2 rings (SSSR count). The minimum atomic E-state index is -3.63. The number of rotatable bonds is 9. The van der Waals surface area contributed by atoms with Gasteiger partial charge in [0.25, 0.3) is 10.1 Å². The number of hydrogen-bond acceptors (Lipinski definition) is 4. The summed E-state index contributed by atoms with van der Waals surface area (Å²) in [5, 5.41) is 11.2. The summed E-state index contributed by atoms with van der Waals surface area (Å²) in [5.74, 6) is 0. The average molecular weight is 362 g/mol. The van der Waals surface area contributed by atoms with Crippen LogP contribution in [0.3, 0.4) is 0 Å². The Hall–Kier alpha value is -1.69. The molecule has 0 fully saturated rings. The smallest absolute Gasteiger partial charge is 0.264 e. The molecule has 0 heterocycles. The lowest BCUT2D eigenvalue weighted by Gasteiger charge is -2.33. The zero-order valence-corrected chi connectivity index (χ0v) is 15.6. The van der Waals surface area contributed by atoms with E-state index in [2.05, 4.69) is 0 Å². The molecule has 136 valence electrons. The van der Waals surface area contributed by atoms with Crippen molar-refractivity contribution in [3.63, 3.8) is 0 Å². The molecule has 0 aliphatic carbocycles. The van der Waals surface area contributed by atoms with Gasteiger partial charge in [-0.3, -0.25) is 4.18 Å². The van der Waals surface area contributed by atoms with E-state index in [-0.39, 0.29) is 0 Å². The molecule has 0 amide bonds. The van der Waals surface area contributed by atoms with E-state index in [1.54, 1.807) is 6.92 Å². The van der Waals surface area contributed by atoms with Crippen molar-refractivity contribution in [2.45, 2.75) is 44.3 Å². The van der Waals surface area contributed by atoms with Gasteiger partial charge in [-0.1, -0.05) is 60.7 Å². The highest BCUT2D eigenvalue weighted by Gasteiger charge is 2.36. The van der Waals surface area contributed by atoms with Gasteiger partial charge in [-0.25, -0.2) is 0 Å². The van der Waals surface area contributed by atoms with E-state index in [0.717, 1.165) is 17.4 Å². The first-order valence-electron chi connectivity index (χ1n) is 8.47. The van der Waals surface area contributed by atoms with Crippen molar-refractivity contribution in [2.24, 2.45) is 0 Å². The average Bonchev–Trinajstić information content (AvgIpc) is 2.58. The van der Waals surface area contributed by atoms with Crippen LogP contribution in [0.1, 0.15) is 30.9 Å². The number of benzene rings is 2. The van der Waals surface area contributed by atoms with Crippen molar-refractivity contribution in [1.29, 1.82) is 0 Å². The van der Waals surface area contributed by atoms with E-state index in [1.165, 1.54) is 0 Å². The van der Waals surface area contributed by atoms with Crippen molar-refractivity contribution in [3.05, 3.63) is 71.8 Å². The van der Waals surface area contributed by atoms with Crippen molar-refractivity contribution in [3.8, 4) is 0 Å². The second kappa shape index (κ2) is 8.61. The summed E-state index contributed by atoms with van der Waals surface area (Å²) in [5.41, 5.74) is 0.980. The largest absolute Gasteiger partial charge is 0.387 e. The van der Waals surface area contributed by atoms with Gasteiger partial charge < -0.3 is 5.11 Å². The predicted octanol–water partition coefficient (Wildman–Crippen LogP) is 3.35. The molecule has 0 aliphatic heterocycles. The topological polar surface area (TPSA) is 63.6 Å². The molecule has 2 aromatic carbocycles. The van der Waals surface area contributed by atoms with Gasteiger partial charge in [0.2, 0.25) is 0 Å². The summed E-state index contributed by atoms with van der Waals surface area (Å²) >= 11 is 0. The van der Waals surface area contributed by atoms with E-state index < -0.39 is 21.8 Å². The van der Waals surface area contributed by atoms with Crippen molar-refractivity contribution in [2.75, 3.05) is 6.26 Å². The van der Waals surface area contributed by atoms with E-state index in [1.807, 2.05) is 60.7 Å². The van der Waals surface area contributed by atoms with Crippen molar-refractivity contribution >= 4 is 10.1 Å². The predicted molar refractivity (Wildman–Crippen MR) is 99.9 cm³/mol. The van der Waals surface area contributed by atoms with E-state index in [4.69, 9.17) is 4.18 Å². The number of hydrogen-bond donors (Lipinski definition) is 1. The van der Waals surface area contributed by atoms with Crippen molar-refractivity contribution in [1.82, 2.24) is 0 Å². The Morgan fingerprint density at radius 3 is 1.68 bits per heavy atom. The summed E-state index contributed by atoms with van der Waals surface area (Å²) in [7, 11) is -3.63. The molecule has 4 nitrogen and oxygen atoms in total. The van der Waals surface area contributed by atoms with Crippen LogP contribution in [-0.4, -0.2) is 31.5 Å². The minimum absolute atomic E-state index is 0.431. The van der Waals surface area contributed by atoms with Gasteiger partial charge in [-0.2, -0.15) is 8.42 Å². The first-order valence-corrected chi connectivity index (χ1v) is 10.3. The molecular formula is C20H26O4S. The third-order valence-corrected chi connectivity index (χ3v) is 5.09. The minimum Gasteiger partial charge on any atom is -0.387 e. The number of aryl methyl sites for hydroxylation is 2. The normalized spacial score (nSPS) is 13.6. The first-order chi connectivity index (χ1) is 11.8. The lowest BCUT2D eigenvalue weighted by Crippen LogP contribution is -2.44. The molecule has 0 radical (unpaired) electrons. The lowest BCUT2D eigenvalue weighted by molar-refractivity contribution is -0.0624. The van der Waals surface area contributed by atoms with E-state index >= 15 is 0 Å². The van der Waals surface area contributed by atoms with E-state index in [9.17, 15) is 13.5 Å². The highest BCUT2D eigenvalue weighted by Crippen LogP contribution is 2.27. The van der Waals surface area contributed by atoms with Crippen LogP contribution in [0.2, 0.25) is 0 Å². The molecule has 1 unspecified atom stereocenters. The molecule has 25 heavy (non-hydrogen) atoms. The van der Waals surface area contributed by atoms with Crippen LogP contribution < -0.4 is 0 Å². The highest BCUT2D eigenvalue weighted by atomic mass is 32.2. The van der Waals surface area contributed by atoms with Gasteiger partial charge in [0.05, 0.1) is 11.9 Å². The molecule has 2 aromatic rings. The van der Waals surface area contributed by atoms with Gasteiger partial charge in [0, 0.05) is 0 Å². The Bertz CT molecular complexity index is 698. The molecule has 0 aliphatic rings. The van der Waals surface area contributed by atoms with Gasteiger partial charge in [0.1, 0.15) is 6.10 Å². The fourth-order valence-electron chi connectivity index (χ4n) is 2.89. The molecule has 0 bridgehead atoms. The third kappa shape index (κ3) is 6.61. The Morgan fingerprint density at radius 2 is 1.32 bits per heavy atom. The van der Waals surface area contributed by atoms with Gasteiger partial charge in [-0.05, 0) is 43.7 Å². The lowest BCUT2D eigenvalue weighted by atomic mass is 9.85. The van der Waals surface area contributed by atoms with Gasteiger partial charge in [0.15, 0.2) is 0 Å². The molecule has 0 spiro atoms. The van der Waals surface area contributed by atoms with Crippen molar-refractivity contribution < 1.29 is 17.7 Å². The summed E-state index contributed by atoms with van der Waals surface area (Å²) in [6, 6.07) is 19.7. The summed E-state index contributed by atoms with van der Waals surface area (Å²) in [6.07, 6.45) is 2.38. The molecule has 0 aromatic heterocycles.